The number of nitrogens with one attached hydrogen (secondary N) is 1. The zero-order chi connectivity index (χ0) is 13.7. The molecule has 0 aromatic heterocycles. The van der Waals surface area contributed by atoms with Crippen molar-refractivity contribution in [2.75, 3.05) is 13.1 Å². The Morgan fingerprint density at radius 1 is 1.16 bits per heavy atom. The van der Waals surface area contributed by atoms with Gasteiger partial charge < -0.3 is 5.32 Å². The standard InChI is InChI=1S/C17H28N2/c1-4-18-11-16-7-5-6-8-17(16)13-19-12-14(2)9-10-15(19)3/h5-8,14-15,18H,4,9-13H2,1-3H3. The molecule has 0 saturated carbocycles. The highest BCUT2D eigenvalue weighted by Crippen LogP contribution is 2.24. The van der Waals surface area contributed by atoms with Crippen molar-refractivity contribution in [2.45, 2.75) is 52.7 Å². The van der Waals surface area contributed by atoms with Gasteiger partial charge in [-0.05, 0) is 43.4 Å². The third-order valence-corrected chi connectivity index (χ3v) is 4.30. The van der Waals surface area contributed by atoms with Gasteiger partial charge in [-0.25, -0.2) is 0 Å². The lowest BCUT2D eigenvalue weighted by Crippen LogP contribution is -2.40. The van der Waals surface area contributed by atoms with E-state index in [0.29, 0.717) is 0 Å². The SMILES string of the molecule is CCNCc1ccccc1CN1CC(C)CCC1C. The average molecular weight is 260 g/mol. The van der Waals surface area contributed by atoms with Crippen molar-refractivity contribution in [3.05, 3.63) is 35.4 Å². The second-order valence-electron chi connectivity index (χ2n) is 6.01. The number of nitrogens with zero attached hydrogens (tertiary/aromatic N) is 1. The Hall–Kier alpha value is -0.860. The van der Waals surface area contributed by atoms with E-state index in [-0.39, 0.29) is 0 Å². The van der Waals surface area contributed by atoms with E-state index >= 15 is 0 Å². The summed E-state index contributed by atoms with van der Waals surface area (Å²) in [6.45, 7) is 11.3. The van der Waals surface area contributed by atoms with Gasteiger partial charge in [0.15, 0.2) is 0 Å². The molecule has 0 spiro atoms. The largest absolute Gasteiger partial charge is 0.313 e. The average Bonchev–Trinajstić information content (AvgIpc) is 2.42. The molecule has 19 heavy (non-hydrogen) atoms. The van der Waals surface area contributed by atoms with Crippen molar-refractivity contribution in [3.63, 3.8) is 0 Å². The Kier molecular flexibility index (Phi) is 5.41. The van der Waals surface area contributed by atoms with Crippen LogP contribution in [0.25, 0.3) is 0 Å². The predicted octanol–water partition coefficient (Wildman–Crippen LogP) is 3.42. The summed E-state index contributed by atoms with van der Waals surface area (Å²) in [5, 5.41) is 3.44. The van der Waals surface area contributed by atoms with Crippen LogP contribution in [0.4, 0.5) is 0 Å². The maximum atomic E-state index is 3.44. The highest BCUT2D eigenvalue weighted by Gasteiger charge is 2.23. The van der Waals surface area contributed by atoms with Crippen LogP contribution in [0.5, 0.6) is 0 Å². The fourth-order valence-corrected chi connectivity index (χ4v) is 2.96. The molecule has 106 valence electrons. The number of hydrogen-bond acceptors (Lipinski definition) is 2. The van der Waals surface area contributed by atoms with Crippen LogP contribution >= 0.6 is 0 Å². The number of hydrogen-bond donors (Lipinski definition) is 1. The first-order valence-corrected chi connectivity index (χ1v) is 7.72. The highest BCUT2D eigenvalue weighted by molar-refractivity contribution is 5.27. The molecule has 1 N–H and O–H groups in total. The van der Waals surface area contributed by atoms with Crippen molar-refractivity contribution in [3.8, 4) is 0 Å². The van der Waals surface area contributed by atoms with E-state index in [1.54, 1.807) is 0 Å². The van der Waals surface area contributed by atoms with Crippen LogP contribution in [0.2, 0.25) is 0 Å². The molecule has 2 unspecified atom stereocenters. The van der Waals surface area contributed by atoms with Gasteiger partial charge in [-0.3, -0.25) is 4.90 Å². The summed E-state index contributed by atoms with van der Waals surface area (Å²) in [4.78, 5) is 2.65. The second kappa shape index (κ2) is 7.06. The summed E-state index contributed by atoms with van der Waals surface area (Å²) >= 11 is 0. The predicted molar refractivity (Wildman–Crippen MR) is 82.1 cm³/mol. The second-order valence-corrected chi connectivity index (χ2v) is 6.01. The lowest BCUT2D eigenvalue weighted by Gasteiger charge is -2.37. The highest BCUT2D eigenvalue weighted by atomic mass is 15.2. The molecule has 2 nitrogen and oxygen atoms in total. The third-order valence-electron chi connectivity index (χ3n) is 4.30. The van der Waals surface area contributed by atoms with E-state index in [0.717, 1.165) is 31.6 Å². The fourth-order valence-electron chi connectivity index (χ4n) is 2.96. The molecular weight excluding hydrogens is 232 g/mol. The van der Waals surface area contributed by atoms with Crippen LogP contribution in [0.15, 0.2) is 24.3 Å². The first-order valence-electron chi connectivity index (χ1n) is 7.72. The van der Waals surface area contributed by atoms with Gasteiger partial charge in [-0.2, -0.15) is 0 Å². The van der Waals surface area contributed by atoms with Crippen LogP contribution in [0.3, 0.4) is 0 Å². The van der Waals surface area contributed by atoms with E-state index in [4.69, 9.17) is 0 Å². The number of piperidine rings is 1. The Bertz CT molecular complexity index is 389. The summed E-state index contributed by atoms with van der Waals surface area (Å²) in [5.74, 6) is 0.845. The van der Waals surface area contributed by atoms with Crippen molar-refractivity contribution >= 4 is 0 Å². The minimum atomic E-state index is 0.725. The number of likely N-dealkylation sites (tertiary alicyclic amines) is 1. The smallest absolute Gasteiger partial charge is 0.0239 e. The van der Waals surface area contributed by atoms with Crippen molar-refractivity contribution in [2.24, 2.45) is 5.92 Å². The summed E-state index contributed by atoms with van der Waals surface area (Å²) in [5.41, 5.74) is 2.94. The molecule has 1 fully saturated rings. The number of benzene rings is 1. The molecule has 2 rings (SSSR count). The van der Waals surface area contributed by atoms with Crippen LogP contribution in [-0.4, -0.2) is 24.0 Å². The molecule has 2 heteroatoms. The van der Waals surface area contributed by atoms with Gasteiger partial charge in [0, 0.05) is 25.7 Å². The van der Waals surface area contributed by atoms with E-state index < -0.39 is 0 Å². The minimum absolute atomic E-state index is 0.725. The lowest BCUT2D eigenvalue weighted by molar-refractivity contribution is 0.117. The molecule has 0 aliphatic carbocycles. The maximum absolute atomic E-state index is 3.44. The molecule has 0 bridgehead atoms. The third kappa shape index (κ3) is 4.05. The van der Waals surface area contributed by atoms with Gasteiger partial charge >= 0.3 is 0 Å². The van der Waals surface area contributed by atoms with E-state index in [2.05, 4.69) is 55.3 Å². The van der Waals surface area contributed by atoms with E-state index in [1.807, 2.05) is 0 Å². The first-order chi connectivity index (χ1) is 9.20. The van der Waals surface area contributed by atoms with E-state index in [9.17, 15) is 0 Å². The Morgan fingerprint density at radius 2 is 1.89 bits per heavy atom. The van der Waals surface area contributed by atoms with Gasteiger partial charge in [0.1, 0.15) is 0 Å². The van der Waals surface area contributed by atoms with Gasteiger partial charge in [-0.15, -0.1) is 0 Å². The molecule has 1 aliphatic rings. The lowest BCUT2D eigenvalue weighted by atomic mass is 9.94. The maximum Gasteiger partial charge on any atom is 0.0239 e. The summed E-state index contributed by atoms with van der Waals surface area (Å²) in [7, 11) is 0. The van der Waals surface area contributed by atoms with Crippen molar-refractivity contribution in [1.29, 1.82) is 0 Å². The van der Waals surface area contributed by atoms with Gasteiger partial charge in [-0.1, -0.05) is 38.1 Å². The Labute approximate surface area is 118 Å². The van der Waals surface area contributed by atoms with Gasteiger partial charge in [0.05, 0.1) is 0 Å². The van der Waals surface area contributed by atoms with Gasteiger partial charge in [0.25, 0.3) is 0 Å². The molecule has 2 atom stereocenters. The zero-order valence-electron chi connectivity index (χ0n) is 12.7. The topological polar surface area (TPSA) is 15.3 Å². The number of rotatable bonds is 5. The van der Waals surface area contributed by atoms with E-state index in [1.165, 1.54) is 30.5 Å². The molecule has 1 saturated heterocycles. The summed E-state index contributed by atoms with van der Waals surface area (Å²) < 4.78 is 0. The van der Waals surface area contributed by atoms with Crippen LogP contribution in [-0.2, 0) is 13.1 Å². The normalized spacial score (nSPS) is 24.6. The molecule has 0 amide bonds. The van der Waals surface area contributed by atoms with Crippen molar-refractivity contribution < 1.29 is 0 Å². The Morgan fingerprint density at radius 3 is 2.63 bits per heavy atom. The molecule has 1 aromatic carbocycles. The molecular formula is C17H28N2. The van der Waals surface area contributed by atoms with Gasteiger partial charge in [0.2, 0.25) is 0 Å². The fraction of sp³-hybridized carbons (Fsp3) is 0.647. The molecule has 1 aliphatic heterocycles. The van der Waals surface area contributed by atoms with Crippen molar-refractivity contribution in [1.82, 2.24) is 10.2 Å². The quantitative estimate of drug-likeness (QED) is 0.872. The minimum Gasteiger partial charge on any atom is -0.313 e. The van der Waals surface area contributed by atoms with Crippen LogP contribution in [0, 0.1) is 5.92 Å². The summed E-state index contributed by atoms with van der Waals surface area (Å²) in [6.07, 6.45) is 2.73. The monoisotopic (exact) mass is 260 g/mol. The van der Waals surface area contributed by atoms with Crippen LogP contribution in [0.1, 0.15) is 44.7 Å². The first kappa shape index (κ1) is 14.5. The zero-order valence-corrected chi connectivity index (χ0v) is 12.7. The molecule has 1 aromatic rings. The Balaban J connectivity index is 2.04. The molecule has 0 radical (unpaired) electrons. The van der Waals surface area contributed by atoms with Crippen LogP contribution < -0.4 is 5.32 Å². The summed E-state index contributed by atoms with van der Waals surface area (Å²) in [6, 6.07) is 9.60. The molecule has 1 heterocycles.